The highest BCUT2D eigenvalue weighted by atomic mass is 16.5. The molecule has 19 heavy (non-hydrogen) atoms. The summed E-state index contributed by atoms with van der Waals surface area (Å²) in [5.41, 5.74) is 0. The molecule has 0 heterocycles. The Bertz CT molecular complexity index is 362. The minimum Gasteiger partial charge on any atom is -0.491 e. The molecule has 1 saturated carbocycles. The monoisotopic (exact) mass is 263 g/mol. The van der Waals surface area contributed by atoms with E-state index >= 15 is 0 Å². The van der Waals surface area contributed by atoms with Crippen LogP contribution < -0.4 is 4.74 Å². The van der Waals surface area contributed by atoms with Gasteiger partial charge in [-0.1, -0.05) is 32.0 Å². The van der Waals surface area contributed by atoms with Crippen LogP contribution >= 0.6 is 0 Å². The van der Waals surface area contributed by atoms with Crippen molar-refractivity contribution >= 4 is 0 Å². The lowest BCUT2D eigenvalue weighted by Gasteiger charge is -2.26. The molecule has 0 amide bonds. The van der Waals surface area contributed by atoms with Crippen LogP contribution in [-0.2, 0) is 0 Å². The molecule has 1 aromatic carbocycles. The smallest absolute Gasteiger partial charge is 0.119 e. The van der Waals surface area contributed by atoms with Gasteiger partial charge in [0.2, 0.25) is 0 Å². The van der Waals surface area contributed by atoms with Crippen LogP contribution in [0.2, 0.25) is 0 Å². The highest BCUT2D eigenvalue weighted by molar-refractivity contribution is 5.20. The summed E-state index contributed by atoms with van der Waals surface area (Å²) in [5.74, 6) is 1.46. The number of ether oxygens (including phenoxy) is 1. The van der Waals surface area contributed by atoms with E-state index in [4.69, 9.17) is 4.74 Å². The fourth-order valence-corrected chi connectivity index (χ4v) is 2.31. The molecule has 0 bridgehead atoms. The van der Waals surface area contributed by atoms with Gasteiger partial charge < -0.3 is 9.84 Å². The number of aliphatic hydroxyl groups is 1. The van der Waals surface area contributed by atoms with Crippen molar-refractivity contribution in [1.29, 1.82) is 0 Å². The van der Waals surface area contributed by atoms with Crippen LogP contribution in [0, 0.1) is 5.92 Å². The molecular formula is C16H25NO2. The van der Waals surface area contributed by atoms with E-state index in [1.807, 2.05) is 30.3 Å². The summed E-state index contributed by atoms with van der Waals surface area (Å²) in [7, 11) is 0. The molecule has 2 rings (SSSR count). The Labute approximate surface area is 116 Å². The molecule has 0 aromatic heterocycles. The lowest BCUT2D eigenvalue weighted by molar-refractivity contribution is 0.0613. The van der Waals surface area contributed by atoms with Gasteiger partial charge >= 0.3 is 0 Å². The molecule has 1 fully saturated rings. The van der Waals surface area contributed by atoms with Crippen molar-refractivity contribution in [2.45, 2.75) is 38.8 Å². The quantitative estimate of drug-likeness (QED) is 0.782. The second kappa shape index (κ2) is 6.92. The number of aliphatic hydroxyl groups excluding tert-OH is 1. The maximum Gasteiger partial charge on any atom is 0.119 e. The number of benzene rings is 1. The highest BCUT2D eigenvalue weighted by Crippen LogP contribution is 2.27. The summed E-state index contributed by atoms with van der Waals surface area (Å²) in [5, 5.41) is 10.1. The second-order valence-corrected chi connectivity index (χ2v) is 5.86. The molecule has 1 unspecified atom stereocenters. The molecule has 106 valence electrons. The van der Waals surface area contributed by atoms with Gasteiger partial charge in [-0.2, -0.15) is 0 Å². The molecule has 1 aromatic rings. The SMILES string of the molecule is CC(C)CN(CC(O)COc1ccccc1)C1CC1. The Morgan fingerprint density at radius 1 is 1.21 bits per heavy atom. The van der Waals surface area contributed by atoms with Crippen LogP contribution in [0.25, 0.3) is 0 Å². The number of hydrogen-bond acceptors (Lipinski definition) is 3. The minimum absolute atomic E-state index is 0.366. The lowest BCUT2D eigenvalue weighted by Crippen LogP contribution is -2.39. The summed E-state index contributed by atoms with van der Waals surface area (Å²) >= 11 is 0. The van der Waals surface area contributed by atoms with Crippen LogP contribution in [0.4, 0.5) is 0 Å². The van der Waals surface area contributed by atoms with Crippen molar-refractivity contribution in [2.75, 3.05) is 19.7 Å². The van der Waals surface area contributed by atoms with Gasteiger partial charge in [0, 0.05) is 19.1 Å². The maximum absolute atomic E-state index is 10.1. The Hall–Kier alpha value is -1.06. The van der Waals surface area contributed by atoms with Gasteiger partial charge in [-0.3, -0.25) is 4.90 Å². The summed E-state index contributed by atoms with van der Waals surface area (Å²) in [6.07, 6.45) is 2.14. The molecule has 1 aliphatic rings. The molecule has 0 radical (unpaired) electrons. The van der Waals surface area contributed by atoms with Crippen molar-refractivity contribution in [2.24, 2.45) is 5.92 Å². The van der Waals surface area contributed by atoms with E-state index in [2.05, 4.69) is 18.7 Å². The van der Waals surface area contributed by atoms with E-state index < -0.39 is 6.10 Å². The van der Waals surface area contributed by atoms with Crippen LogP contribution in [0.1, 0.15) is 26.7 Å². The van der Waals surface area contributed by atoms with Crippen LogP contribution in [0.5, 0.6) is 5.75 Å². The summed E-state index contributed by atoms with van der Waals surface area (Å²) in [4.78, 5) is 2.41. The van der Waals surface area contributed by atoms with Gasteiger partial charge in [-0.25, -0.2) is 0 Å². The third-order valence-corrected chi connectivity index (χ3v) is 3.29. The first kappa shape index (κ1) is 14.4. The average molecular weight is 263 g/mol. The Morgan fingerprint density at radius 3 is 2.47 bits per heavy atom. The molecule has 0 spiro atoms. The number of hydrogen-bond donors (Lipinski definition) is 1. The van der Waals surface area contributed by atoms with Crippen LogP contribution in [-0.4, -0.2) is 41.8 Å². The highest BCUT2D eigenvalue weighted by Gasteiger charge is 2.30. The first-order chi connectivity index (χ1) is 9.15. The van der Waals surface area contributed by atoms with Gasteiger partial charge in [0.25, 0.3) is 0 Å². The molecule has 3 heteroatoms. The topological polar surface area (TPSA) is 32.7 Å². The fraction of sp³-hybridized carbons (Fsp3) is 0.625. The molecule has 3 nitrogen and oxygen atoms in total. The average Bonchev–Trinajstić information content (AvgIpc) is 3.20. The first-order valence-corrected chi connectivity index (χ1v) is 7.25. The molecule has 0 aliphatic heterocycles. The Balaban J connectivity index is 1.74. The van der Waals surface area contributed by atoms with Crippen molar-refractivity contribution in [3.8, 4) is 5.75 Å². The summed E-state index contributed by atoms with van der Waals surface area (Å²) < 4.78 is 5.60. The molecular weight excluding hydrogens is 238 g/mol. The predicted octanol–water partition coefficient (Wildman–Crippen LogP) is 2.55. The van der Waals surface area contributed by atoms with Gasteiger partial charge in [0.1, 0.15) is 18.5 Å². The molecule has 0 saturated heterocycles. The van der Waals surface area contributed by atoms with Gasteiger partial charge in [0.05, 0.1) is 0 Å². The zero-order valence-electron chi connectivity index (χ0n) is 12.0. The number of rotatable bonds is 8. The molecule has 1 atom stereocenters. The Kier molecular flexibility index (Phi) is 5.23. The van der Waals surface area contributed by atoms with Crippen LogP contribution in [0.3, 0.4) is 0 Å². The molecule has 1 aliphatic carbocycles. The van der Waals surface area contributed by atoms with Crippen LogP contribution in [0.15, 0.2) is 30.3 Å². The normalized spacial score (nSPS) is 16.9. The maximum atomic E-state index is 10.1. The van der Waals surface area contributed by atoms with E-state index in [1.165, 1.54) is 12.8 Å². The third-order valence-electron chi connectivity index (χ3n) is 3.29. The standard InChI is InChI=1S/C16H25NO2/c1-13(2)10-17(14-8-9-14)11-15(18)12-19-16-6-4-3-5-7-16/h3-7,13-15,18H,8-12H2,1-2H3. The predicted molar refractivity (Wildman–Crippen MR) is 77.4 cm³/mol. The van der Waals surface area contributed by atoms with Crippen molar-refractivity contribution in [3.63, 3.8) is 0 Å². The van der Waals surface area contributed by atoms with E-state index in [1.54, 1.807) is 0 Å². The van der Waals surface area contributed by atoms with Gasteiger partial charge in [-0.15, -0.1) is 0 Å². The van der Waals surface area contributed by atoms with Crippen molar-refractivity contribution < 1.29 is 9.84 Å². The van der Waals surface area contributed by atoms with Crippen molar-refractivity contribution in [3.05, 3.63) is 30.3 Å². The van der Waals surface area contributed by atoms with Crippen molar-refractivity contribution in [1.82, 2.24) is 4.90 Å². The minimum atomic E-state index is -0.417. The summed E-state index contributed by atoms with van der Waals surface area (Å²) in [6.45, 7) is 6.60. The van der Waals surface area contributed by atoms with E-state index in [0.717, 1.165) is 18.8 Å². The largest absolute Gasteiger partial charge is 0.491 e. The van der Waals surface area contributed by atoms with Gasteiger partial charge in [-0.05, 0) is 30.9 Å². The van der Waals surface area contributed by atoms with E-state index in [9.17, 15) is 5.11 Å². The fourth-order valence-electron chi connectivity index (χ4n) is 2.31. The first-order valence-electron chi connectivity index (χ1n) is 7.25. The zero-order chi connectivity index (χ0) is 13.7. The third kappa shape index (κ3) is 5.21. The van der Waals surface area contributed by atoms with Gasteiger partial charge in [0.15, 0.2) is 0 Å². The van der Waals surface area contributed by atoms with E-state index in [0.29, 0.717) is 18.6 Å². The second-order valence-electron chi connectivity index (χ2n) is 5.86. The number of para-hydroxylation sites is 1. The Morgan fingerprint density at radius 2 is 1.89 bits per heavy atom. The lowest BCUT2D eigenvalue weighted by atomic mass is 10.2. The number of nitrogens with zero attached hydrogens (tertiary/aromatic N) is 1. The summed E-state index contributed by atoms with van der Waals surface area (Å²) in [6, 6.07) is 10.4. The zero-order valence-corrected chi connectivity index (χ0v) is 12.0. The van der Waals surface area contributed by atoms with E-state index in [-0.39, 0.29) is 0 Å². The molecule has 1 N–H and O–H groups in total.